The first-order valence-corrected chi connectivity index (χ1v) is 9.42. The first-order valence-electron chi connectivity index (χ1n) is 8.48. The number of hydrogen-bond acceptors (Lipinski definition) is 5. The Bertz CT molecular complexity index is 513. The molecule has 1 atom stereocenters. The lowest BCUT2D eigenvalue weighted by Gasteiger charge is -2.34. The Labute approximate surface area is 147 Å². The van der Waals surface area contributed by atoms with E-state index in [1.54, 1.807) is 11.3 Å². The molecule has 2 rings (SSSR count). The molecule has 7 heteroatoms. The van der Waals surface area contributed by atoms with Crippen molar-refractivity contribution in [1.29, 1.82) is 0 Å². The second-order valence-electron chi connectivity index (χ2n) is 6.37. The van der Waals surface area contributed by atoms with Crippen molar-refractivity contribution in [3.05, 3.63) is 22.4 Å². The highest BCUT2D eigenvalue weighted by Gasteiger charge is 2.24. The number of carbonyl (C=O) groups excluding carboxylic acids is 2. The first kappa shape index (κ1) is 18.9. The Morgan fingerprint density at radius 3 is 2.58 bits per heavy atom. The van der Waals surface area contributed by atoms with Crippen LogP contribution >= 0.6 is 11.3 Å². The van der Waals surface area contributed by atoms with E-state index in [1.165, 1.54) is 5.56 Å². The maximum atomic E-state index is 12.0. The van der Waals surface area contributed by atoms with Crippen molar-refractivity contribution in [2.45, 2.75) is 26.3 Å². The molecule has 1 unspecified atom stereocenters. The van der Waals surface area contributed by atoms with E-state index in [0.717, 1.165) is 19.5 Å². The zero-order valence-corrected chi connectivity index (χ0v) is 15.2. The average Bonchev–Trinajstić information content (AvgIpc) is 3.09. The minimum absolute atomic E-state index is 0.0764. The molecule has 2 heterocycles. The van der Waals surface area contributed by atoms with Crippen LogP contribution in [0.4, 0.5) is 0 Å². The fraction of sp³-hybridized carbons (Fsp3) is 0.647. The van der Waals surface area contributed by atoms with E-state index in [9.17, 15) is 9.59 Å². The van der Waals surface area contributed by atoms with Crippen molar-refractivity contribution >= 4 is 23.2 Å². The van der Waals surface area contributed by atoms with Crippen LogP contribution in [-0.4, -0.2) is 56.1 Å². The molecule has 0 bridgehead atoms. The number of ether oxygens (including phenoxy) is 1. The van der Waals surface area contributed by atoms with Crippen LogP contribution in [0.15, 0.2) is 16.8 Å². The zero-order chi connectivity index (χ0) is 17.4. The molecule has 2 amide bonds. The Kier molecular flexibility index (Phi) is 7.68. The summed E-state index contributed by atoms with van der Waals surface area (Å²) < 4.78 is 5.40. The summed E-state index contributed by atoms with van der Waals surface area (Å²) >= 11 is 1.64. The molecule has 0 radical (unpaired) electrons. The largest absolute Gasteiger partial charge is 0.379 e. The lowest BCUT2D eigenvalue weighted by molar-refractivity contribution is -0.139. The van der Waals surface area contributed by atoms with E-state index < -0.39 is 11.8 Å². The van der Waals surface area contributed by atoms with E-state index in [2.05, 4.69) is 40.8 Å². The molecule has 24 heavy (non-hydrogen) atoms. The topological polar surface area (TPSA) is 70.7 Å². The van der Waals surface area contributed by atoms with Crippen LogP contribution in [0, 0.1) is 5.92 Å². The predicted molar refractivity (Wildman–Crippen MR) is 94.9 cm³/mol. The third-order valence-electron chi connectivity index (χ3n) is 4.08. The summed E-state index contributed by atoms with van der Waals surface area (Å²) in [6.45, 7) is 8.18. The maximum absolute atomic E-state index is 12.0. The summed E-state index contributed by atoms with van der Waals surface area (Å²) in [6.07, 6.45) is 0.865. The number of carbonyl (C=O) groups is 2. The van der Waals surface area contributed by atoms with Gasteiger partial charge in [-0.05, 0) is 34.7 Å². The van der Waals surface area contributed by atoms with E-state index in [1.807, 2.05) is 5.38 Å². The molecule has 1 fully saturated rings. The van der Waals surface area contributed by atoms with E-state index in [4.69, 9.17) is 4.74 Å². The highest BCUT2D eigenvalue weighted by molar-refractivity contribution is 7.07. The van der Waals surface area contributed by atoms with Crippen molar-refractivity contribution in [3.8, 4) is 0 Å². The molecule has 0 aromatic carbocycles. The van der Waals surface area contributed by atoms with Gasteiger partial charge in [0.15, 0.2) is 0 Å². The van der Waals surface area contributed by atoms with Gasteiger partial charge in [-0.15, -0.1) is 0 Å². The van der Waals surface area contributed by atoms with Gasteiger partial charge in [-0.1, -0.05) is 13.8 Å². The van der Waals surface area contributed by atoms with Crippen molar-refractivity contribution in [2.24, 2.45) is 5.92 Å². The van der Waals surface area contributed by atoms with Crippen LogP contribution in [-0.2, 0) is 14.3 Å². The first-order chi connectivity index (χ1) is 11.6. The lowest BCUT2D eigenvalue weighted by Crippen LogP contribution is -2.46. The minimum Gasteiger partial charge on any atom is -0.379 e. The Hall–Kier alpha value is -1.44. The van der Waals surface area contributed by atoms with Gasteiger partial charge in [-0.2, -0.15) is 11.3 Å². The van der Waals surface area contributed by atoms with E-state index >= 15 is 0 Å². The van der Waals surface area contributed by atoms with Gasteiger partial charge in [0.25, 0.3) is 0 Å². The summed E-state index contributed by atoms with van der Waals surface area (Å²) in [5, 5.41) is 9.57. The summed E-state index contributed by atoms with van der Waals surface area (Å²) in [7, 11) is 0. The standard InChI is InChI=1S/C17H27N3O3S/c1-13(2)3-5-18-16(21)17(22)19-11-15(14-4-10-24-12-14)20-6-8-23-9-7-20/h4,10,12-13,15H,3,5-9,11H2,1-2H3,(H,18,21)(H,19,22). The molecule has 6 nitrogen and oxygen atoms in total. The van der Waals surface area contributed by atoms with Gasteiger partial charge in [0.2, 0.25) is 0 Å². The van der Waals surface area contributed by atoms with E-state index in [-0.39, 0.29) is 6.04 Å². The van der Waals surface area contributed by atoms with Crippen molar-refractivity contribution in [3.63, 3.8) is 0 Å². The molecule has 1 aromatic heterocycles. The number of morpholine rings is 1. The number of rotatable bonds is 7. The monoisotopic (exact) mass is 353 g/mol. The van der Waals surface area contributed by atoms with E-state index in [0.29, 0.717) is 32.2 Å². The van der Waals surface area contributed by atoms with Gasteiger partial charge >= 0.3 is 11.8 Å². The number of nitrogens with one attached hydrogen (secondary N) is 2. The summed E-state index contributed by atoms with van der Waals surface area (Å²) in [6, 6.07) is 2.15. The highest BCUT2D eigenvalue weighted by atomic mass is 32.1. The number of nitrogens with zero attached hydrogens (tertiary/aromatic N) is 1. The van der Waals surface area contributed by atoms with Gasteiger partial charge in [0, 0.05) is 26.2 Å². The van der Waals surface area contributed by atoms with Crippen molar-refractivity contribution in [1.82, 2.24) is 15.5 Å². The lowest BCUT2D eigenvalue weighted by atomic mass is 10.1. The fourth-order valence-corrected chi connectivity index (χ4v) is 3.34. The number of thiophene rings is 1. The van der Waals surface area contributed by atoms with Crippen LogP contribution in [0.3, 0.4) is 0 Å². The minimum atomic E-state index is -0.563. The van der Waals surface area contributed by atoms with Crippen LogP contribution in [0.1, 0.15) is 31.9 Å². The Morgan fingerprint density at radius 1 is 1.25 bits per heavy atom. The van der Waals surface area contributed by atoms with Gasteiger partial charge in [-0.3, -0.25) is 14.5 Å². The molecule has 1 aromatic rings. The summed E-state index contributed by atoms with van der Waals surface area (Å²) in [5.74, 6) is -0.619. The zero-order valence-electron chi connectivity index (χ0n) is 14.4. The molecular formula is C17H27N3O3S. The molecule has 2 N–H and O–H groups in total. The third kappa shape index (κ3) is 5.89. The van der Waals surface area contributed by atoms with Gasteiger partial charge in [0.1, 0.15) is 0 Å². The highest BCUT2D eigenvalue weighted by Crippen LogP contribution is 2.23. The molecule has 0 aliphatic carbocycles. The normalized spacial score (nSPS) is 16.8. The van der Waals surface area contributed by atoms with Crippen molar-refractivity contribution in [2.75, 3.05) is 39.4 Å². The fourth-order valence-electron chi connectivity index (χ4n) is 2.64. The molecule has 1 saturated heterocycles. The Morgan fingerprint density at radius 2 is 1.96 bits per heavy atom. The molecular weight excluding hydrogens is 326 g/mol. The van der Waals surface area contributed by atoms with Gasteiger partial charge < -0.3 is 15.4 Å². The second-order valence-corrected chi connectivity index (χ2v) is 7.15. The van der Waals surface area contributed by atoms with Crippen LogP contribution in [0.25, 0.3) is 0 Å². The van der Waals surface area contributed by atoms with Crippen LogP contribution < -0.4 is 10.6 Å². The quantitative estimate of drug-likeness (QED) is 0.727. The molecule has 134 valence electrons. The molecule has 1 aliphatic heterocycles. The Balaban J connectivity index is 1.85. The predicted octanol–water partition coefficient (Wildman–Crippen LogP) is 1.40. The number of amides is 2. The van der Waals surface area contributed by atoms with Crippen LogP contribution in [0.2, 0.25) is 0 Å². The van der Waals surface area contributed by atoms with Crippen molar-refractivity contribution < 1.29 is 14.3 Å². The molecule has 0 spiro atoms. The average molecular weight is 353 g/mol. The second kappa shape index (κ2) is 9.76. The molecule has 1 aliphatic rings. The SMILES string of the molecule is CC(C)CCNC(=O)C(=O)NCC(c1ccsc1)N1CCOCC1. The molecule has 0 saturated carbocycles. The number of hydrogen-bond donors (Lipinski definition) is 2. The smallest absolute Gasteiger partial charge is 0.309 e. The van der Waals surface area contributed by atoms with Gasteiger partial charge in [0.05, 0.1) is 19.3 Å². The van der Waals surface area contributed by atoms with Crippen LogP contribution in [0.5, 0.6) is 0 Å². The maximum Gasteiger partial charge on any atom is 0.309 e. The summed E-state index contributed by atoms with van der Waals surface area (Å²) in [5.41, 5.74) is 1.17. The van der Waals surface area contributed by atoms with Gasteiger partial charge in [-0.25, -0.2) is 0 Å². The third-order valence-corrected chi connectivity index (χ3v) is 4.79. The summed E-state index contributed by atoms with van der Waals surface area (Å²) in [4.78, 5) is 26.2.